The van der Waals surface area contributed by atoms with Gasteiger partial charge in [0.1, 0.15) is 6.33 Å². The Bertz CT molecular complexity index is 198. The van der Waals surface area contributed by atoms with Crippen LogP contribution in [0.1, 0.15) is 9.80 Å². The summed E-state index contributed by atoms with van der Waals surface area (Å²) in [6.45, 7) is 0. The average Bonchev–Trinajstić information content (AvgIpc) is 2.37. The van der Waals surface area contributed by atoms with Crippen LogP contribution in [0.15, 0.2) is 6.33 Å². The van der Waals surface area contributed by atoms with Gasteiger partial charge in [0, 0.05) is 0 Å². The summed E-state index contributed by atoms with van der Waals surface area (Å²) in [5, 5.41) is 0.380. The summed E-state index contributed by atoms with van der Waals surface area (Å²) in [7, 11) is 0. The molecule has 0 spiro atoms. The third kappa shape index (κ3) is 1.46. The van der Waals surface area contributed by atoms with Gasteiger partial charge in [-0.05, 0) is 11.5 Å². The van der Waals surface area contributed by atoms with Gasteiger partial charge in [0.05, 0.1) is 5.88 Å². The van der Waals surface area contributed by atoms with Crippen molar-refractivity contribution in [2.45, 2.75) is 0 Å². The summed E-state index contributed by atoms with van der Waals surface area (Å²) in [4.78, 5) is 14.3. The summed E-state index contributed by atoms with van der Waals surface area (Å²) in [6, 6.07) is 0. The molecule has 1 rings (SSSR count). The zero-order valence-electron chi connectivity index (χ0n) is 4.37. The normalized spacial score (nSPS) is 9.44. The Labute approximate surface area is 60.8 Å². The van der Waals surface area contributed by atoms with Gasteiger partial charge in [0.25, 0.3) is 0 Å². The topological polar surface area (TPSA) is 42.9 Å². The number of alkyl halides is 1. The maximum atomic E-state index is 10.7. The lowest BCUT2D eigenvalue weighted by atomic mass is 10.5. The highest BCUT2D eigenvalue weighted by Gasteiger charge is 2.05. The summed E-state index contributed by atoms with van der Waals surface area (Å²) >= 11 is 6.29. The van der Waals surface area contributed by atoms with Crippen molar-refractivity contribution in [1.82, 2.24) is 9.36 Å². The van der Waals surface area contributed by atoms with Crippen molar-refractivity contribution in [2.75, 3.05) is 5.88 Å². The second-order valence-electron chi connectivity index (χ2n) is 1.30. The number of aromatic nitrogens is 2. The Balaban J connectivity index is 2.77. The van der Waals surface area contributed by atoms with Crippen LogP contribution in [0.2, 0.25) is 0 Å². The van der Waals surface area contributed by atoms with E-state index in [-0.39, 0.29) is 11.7 Å². The summed E-state index contributed by atoms with van der Waals surface area (Å²) in [5.74, 6) is -0.186. The Hall–Kier alpha value is -0.480. The molecule has 0 atom stereocenters. The smallest absolute Gasteiger partial charge is 0.207 e. The molecule has 0 saturated carbocycles. The van der Waals surface area contributed by atoms with E-state index >= 15 is 0 Å². The first-order valence-electron chi connectivity index (χ1n) is 2.20. The van der Waals surface area contributed by atoms with Crippen LogP contribution in [-0.2, 0) is 0 Å². The SMILES string of the molecule is O=C(CCl)c1ncns1. The Kier molecular flexibility index (Phi) is 2.13. The number of Topliss-reactive ketones (excluding diaryl/α,β-unsaturated/α-hetero) is 1. The van der Waals surface area contributed by atoms with E-state index in [1.54, 1.807) is 0 Å². The fourth-order valence-corrected chi connectivity index (χ4v) is 1.02. The van der Waals surface area contributed by atoms with Crippen LogP contribution in [-0.4, -0.2) is 21.0 Å². The van der Waals surface area contributed by atoms with Crippen molar-refractivity contribution in [3.63, 3.8) is 0 Å². The van der Waals surface area contributed by atoms with Crippen molar-refractivity contribution < 1.29 is 4.79 Å². The number of ketones is 1. The molecule has 0 aliphatic rings. The fourth-order valence-electron chi connectivity index (χ4n) is 0.353. The highest BCUT2D eigenvalue weighted by molar-refractivity contribution is 7.07. The van der Waals surface area contributed by atoms with Crippen LogP contribution < -0.4 is 0 Å². The Morgan fingerprint density at radius 3 is 3.11 bits per heavy atom. The van der Waals surface area contributed by atoms with Gasteiger partial charge in [0.2, 0.25) is 5.78 Å². The molecule has 0 saturated heterocycles. The summed E-state index contributed by atoms with van der Waals surface area (Å²) < 4.78 is 3.64. The molecule has 0 aromatic carbocycles. The lowest BCUT2D eigenvalue weighted by molar-refractivity contribution is 0.102. The van der Waals surface area contributed by atoms with Crippen molar-refractivity contribution in [3.05, 3.63) is 11.3 Å². The molecule has 0 N–H and O–H groups in total. The number of hydrogen-bond donors (Lipinski definition) is 0. The first-order chi connectivity index (χ1) is 4.34. The van der Waals surface area contributed by atoms with Crippen LogP contribution in [0.4, 0.5) is 0 Å². The first kappa shape index (κ1) is 6.64. The quantitative estimate of drug-likeness (QED) is 0.481. The van der Waals surface area contributed by atoms with Gasteiger partial charge in [-0.3, -0.25) is 4.79 Å². The molecule has 5 heteroatoms. The molecule has 0 unspecified atom stereocenters. The maximum absolute atomic E-state index is 10.7. The third-order valence-corrected chi connectivity index (χ3v) is 1.67. The monoisotopic (exact) mass is 162 g/mol. The van der Waals surface area contributed by atoms with E-state index in [1.165, 1.54) is 6.33 Å². The van der Waals surface area contributed by atoms with Gasteiger partial charge in [-0.2, -0.15) is 4.37 Å². The second-order valence-corrected chi connectivity index (χ2v) is 2.35. The van der Waals surface area contributed by atoms with Gasteiger partial charge in [-0.25, -0.2) is 4.98 Å². The molecule has 0 aliphatic carbocycles. The van der Waals surface area contributed by atoms with Crippen LogP contribution in [0.25, 0.3) is 0 Å². The summed E-state index contributed by atoms with van der Waals surface area (Å²) in [5.41, 5.74) is 0. The van der Waals surface area contributed by atoms with Gasteiger partial charge < -0.3 is 0 Å². The van der Waals surface area contributed by atoms with Gasteiger partial charge in [-0.1, -0.05) is 0 Å². The number of nitrogens with zero attached hydrogens (tertiary/aromatic N) is 2. The molecule has 0 amide bonds. The molecule has 0 bridgehead atoms. The van der Waals surface area contributed by atoms with Crippen LogP contribution in [0, 0.1) is 0 Å². The van der Waals surface area contributed by atoms with E-state index in [9.17, 15) is 4.79 Å². The molecule has 9 heavy (non-hydrogen) atoms. The maximum Gasteiger partial charge on any atom is 0.207 e. The third-order valence-electron chi connectivity index (χ3n) is 0.721. The number of hydrogen-bond acceptors (Lipinski definition) is 4. The van der Waals surface area contributed by atoms with E-state index in [0.717, 1.165) is 11.5 Å². The highest BCUT2D eigenvalue weighted by atomic mass is 35.5. The van der Waals surface area contributed by atoms with Gasteiger partial charge >= 0.3 is 0 Å². The minimum absolute atomic E-state index is 0.0187. The number of rotatable bonds is 2. The molecular weight excluding hydrogens is 160 g/mol. The molecular formula is C4H3ClN2OS. The highest BCUT2D eigenvalue weighted by Crippen LogP contribution is 2.01. The molecule has 3 nitrogen and oxygen atoms in total. The van der Waals surface area contributed by atoms with Crippen molar-refractivity contribution in [3.8, 4) is 0 Å². The lowest BCUT2D eigenvalue weighted by Crippen LogP contribution is -1.97. The van der Waals surface area contributed by atoms with Crippen molar-refractivity contribution >= 4 is 28.9 Å². The van der Waals surface area contributed by atoms with Crippen LogP contribution in [0.3, 0.4) is 0 Å². The largest absolute Gasteiger partial charge is 0.290 e. The first-order valence-corrected chi connectivity index (χ1v) is 3.51. The predicted molar refractivity (Wildman–Crippen MR) is 35.0 cm³/mol. The Morgan fingerprint density at radius 2 is 2.67 bits per heavy atom. The fraction of sp³-hybridized carbons (Fsp3) is 0.250. The lowest BCUT2D eigenvalue weighted by Gasteiger charge is -1.81. The van der Waals surface area contributed by atoms with Crippen molar-refractivity contribution in [2.24, 2.45) is 0 Å². The number of carbonyl (C=O) groups excluding carboxylic acids is 1. The van der Waals surface area contributed by atoms with Gasteiger partial charge in [0.15, 0.2) is 5.01 Å². The zero-order chi connectivity index (χ0) is 6.69. The van der Waals surface area contributed by atoms with Gasteiger partial charge in [-0.15, -0.1) is 11.6 Å². The molecule has 48 valence electrons. The molecule has 1 aromatic heterocycles. The molecule has 0 radical (unpaired) electrons. The van der Waals surface area contributed by atoms with E-state index in [1.807, 2.05) is 0 Å². The molecule has 0 aliphatic heterocycles. The molecule has 0 fully saturated rings. The van der Waals surface area contributed by atoms with Crippen LogP contribution >= 0.6 is 23.1 Å². The predicted octanol–water partition coefficient (Wildman–Crippen LogP) is 0.960. The second kappa shape index (κ2) is 2.89. The number of carbonyl (C=O) groups is 1. The standard InChI is InChI=1S/C4H3ClN2OS/c5-1-3(8)4-6-2-7-9-4/h2H,1H2. The van der Waals surface area contributed by atoms with Crippen molar-refractivity contribution in [1.29, 1.82) is 0 Å². The minimum Gasteiger partial charge on any atom is -0.290 e. The van der Waals surface area contributed by atoms with E-state index in [4.69, 9.17) is 11.6 Å². The summed E-state index contributed by atoms with van der Waals surface area (Å²) in [6.07, 6.45) is 1.34. The Morgan fingerprint density at radius 1 is 1.89 bits per heavy atom. The minimum atomic E-state index is -0.167. The van der Waals surface area contributed by atoms with E-state index in [2.05, 4.69) is 9.36 Å². The molecule has 1 aromatic rings. The van der Waals surface area contributed by atoms with E-state index < -0.39 is 0 Å². The zero-order valence-corrected chi connectivity index (χ0v) is 5.95. The average molecular weight is 163 g/mol. The van der Waals surface area contributed by atoms with E-state index in [0.29, 0.717) is 5.01 Å². The van der Waals surface area contributed by atoms with Crippen LogP contribution in [0.5, 0.6) is 0 Å². The molecule has 1 heterocycles. The number of halogens is 1.